The van der Waals surface area contributed by atoms with E-state index in [1.807, 2.05) is 43.8 Å². The number of nitrogens with zero attached hydrogens (tertiary/aromatic N) is 3. The number of hydrogen-bond acceptors (Lipinski definition) is 5. The molecule has 1 aliphatic rings. The van der Waals surface area contributed by atoms with Crippen LogP contribution in [0, 0.1) is 0 Å². The van der Waals surface area contributed by atoms with E-state index in [1.165, 1.54) is 0 Å². The summed E-state index contributed by atoms with van der Waals surface area (Å²) in [6.45, 7) is 0.751. The fourth-order valence-corrected chi connectivity index (χ4v) is 3.01. The Morgan fingerprint density at radius 3 is 2.79 bits per heavy atom. The van der Waals surface area contributed by atoms with Gasteiger partial charge in [-0.05, 0) is 11.6 Å². The van der Waals surface area contributed by atoms with Crippen molar-refractivity contribution in [3.63, 3.8) is 0 Å². The Kier molecular flexibility index (Phi) is 3.66. The first-order chi connectivity index (χ1) is 11.7. The normalized spacial score (nSPS) is 17.5. The maximum absolute atomic E-state index is 6.41. The van der Waals surface area contributed by atoms with E-state index in [4.69, 9.17) is 5.73 Å². The Balaban J connectivity index is 1.56. The van der Waals surface area contributed by atoms with Crippen LogP contribution < -0.4 is 16.4 Å². The van der Waals surface area contributed by atoms with Gasteiger partial charge in [0.2, 0.25) is 0 Å². The van der Waals surface area contributed by atoms with Crippen LogP contribution in [0.5, 0.6) is 0 Å². The molecule has 6 heteroatoms. The summed E-state index contributed by atoms with van der Waals surface area (Å²) in [6.07, 6.45) is 5.68. The maximum Gasteiger partial charge on any atom is 0.149 e. The van der Waals surface area contributed by atoms with Crippen molar-refractivity contribution in [1.29, 1.82) is 0 Å². The third-order valence-corrected chi connectivity index (χ3v) is 4.38. The molecule has 122 valence electrons. The molecular formula is C18H20N6. The van der Waals surface area contributed by atoms with Crippen LogP contribution in [0.3, 0.4) is 0 Å². The zero-order valence-electron chi connectivity index (χ0n) is 13.5. The quantitative estimate of drug-likeness (QED) is 0.690. The van der Waals surface area contributed by atoms with Crippen molar-refractivity contribution in [3.8, 4) is 11.1 Å². The molecule has 0 unspecified atom stereocenters. The molecule has 3 aromatic rings. The van der Waals surface area contributed by atoms with Crippen molar-refractivity contribution < 1.29 is 0 Å². The number of fused-ring (bicyclic) bond motifs is 1. The summed E-state index contributed by atoms with van der Waals surface area (Å²) >= 11 is 0. The Bertz CT molecular complexity index is 842. The van der Waals surface area contributed by atoms with Crippen molar-refractivity contribution in [3.05, 3.63) is 60.6 Å². The molecule has 6 nitrogen and oxygen atoms in total. The Labute approximate surface area is 140 Å². The van der Waals surface area contributed by atoms with Gasteiger partial charge in [0, 0.05) is 37.1 Å². The molecule has 0 amide bonds. The minimum atomic E-state index is -0.0911. The third-order valence-electron chi connectivity index (χ3n) is 4.38. The number of anilines is 2. The van der Waals surface area contributed by atoms with Crippen molar-refractivity contribution in [2.75, 3.05) is 17.2 Å². The van der Waals surface area contributed by atoms with Gasteiger partial charge in [0.1, 0.15) is 5.82 Å². The van der Waals surface area contributed by atoms with Gasteiger partial charge in [-0.25, -0.2) is 4.98 Å². The molecule has 2 atom stereocenters. The molecule has 0 saturated carbocycles. The smallest absolute Gasteiger partial charge is 0.149 e. The average Bonchev–Trinajstić information content (AvgIpc) is 3.07. The van der Waals surface area contributed by atoms with E-state index in [1.54, 1.807) is 4.68 Å². The second kappa shape index (κ2) is 5.98. The molecule has 0 radical (unpaired) electrons. The molecule has 2 aromatic heterocycles. The summed E-state index contributed by atoms with van der Waals surface area (Å²) in [7, 11) is 1.91. The fraction of sp³-hybridized carbons (Fsp3) is 0.222. The van der Waals surface area contributed by atoms with Gasteiger partial charge in [-0.1, -0.05) is 30.3 Å². The highest BCUT2D eigenvalue weighted by Crippen LogP contribution is 2.31. The predicted molar refractivity (Wildman–Crippen MR) is 95.7 cm³/mol. The lowest BCUT2D eigenvalue weighted by atomic mass is 9.98. The molecule has 24 heavy (non-hydrogen) atoms. The first-order valence-corrected chi connectivity index (χ1v) is 8.01. The van der Waals surface area contributed by atoms with Crippen LogP contribution >= 0.6 is 0 Å². The van der Waals surface area contributed by atoms with Gasteiger partial charge >= 0.3 is 0 Å². The summed E-state index contributed by atoms with van der Waals surface area (Å²) in [6, 6.07) is 12.2. The highest BCUT2D eigenvalue weighted by Gasteiger charge is 2.25. The summed E-state index contributed by atoms with van der Waals surface area (Å²) in [5, 5.41) is 11.1. The van der Waals surface area contributed by atoms with Gasteiger partial charge in [0.25, 0.3) is 0 Å². The summed E-state index contributed by atoms with van der Waals surface area (Å²) in [5.74, 6) is 0.838. The lowest BCUT2D eigenvalue weighted by molar-refractivity contribution is 0.592. The highest BCUT2D eigenvalue weighted by molar-refractivity contribution is 5.75. The largest absolute Gasteiger partial charge is 0.380 e. The number of aryl methyl sites for hydroxylation is 1. The van der Waals surface area contributed by atoms with Crippen LogP contribution in [0.4, 0.5) is 11.5 Å². The van der Waals surface area contributed by atoms with E-state index in [-0.39, 0.29) is 12.1 Å². The van der Waals surface area contributed by atoms with Gasteiger partial charge in [0.05, 0.1) is 24.0 Å². The number of pyridine rings is 1. The number of nitrogens with two attached hydrogens (primary N) is 1. The van der Waals surface area contributed by atoms with Gasteiger partial charge < -0.3 is 16.4 Å². The zero-order valence-corrected chi connectivity index (χ0v) is 13.5. The molecule has 3 heterocycles. The van der Waals surface area contributed by atoms with Crippen molar-refractivity contribution in [1.82, 2.24) is 14.8 Å². The first kappa shape index (κ1) is 14.7. The fourth-order valence-electron chi connectivity index (χ4n) is 3.01. The monoisotopic (exact) mass is 320 g/mol. The van der Waals surface area contributed by atoms with Gasteiger partial charge in [0.15, 0.2) is 0 Å². The number of nitrogens with one attached hydrogen (secondary N) is 2. The SMILES string of the molecule is Cn1cc(-c2cnc3c(c2)NC[C@H]([C@H](N)c2ccccc2)N3)cn1. The average molecular weight is 320 g/mol. The minimum Gasteiger partial charge on any atom is -0.380 e. The van der Waals surface area contributed by atoms with E-state index < -0.39 is 0 Å². The van der Waals surface area contributed by atoms with Gasteiger partial charge in [-0.3, -0.25) is 4.68 Å². The van der Waals surface area contributed by atoms with Crippen LogP contribution in [0.2, 0.25) is 0 Å². The topological polar surface area (TPSA) is 80.8 Å². The molecule has 0 fully saturated rings. The highest BCUT2D eigenvalue weighted by atomic mass is 15.2. The van der Waals surface area contributed by atoms with Crippen LogP contribution in [0.25, 0.3) is 11.1 Å². The lowest BCUT2D eigenvalue weighted by Gasteiger charge is -2.32. The lowest BCUT2D eigenvalue weighted by Crippen LogP contribution is -2.41. The van der Waals surface area contributed by atoms with Crippen molar-refractivity contribution in [2.24, 2.45) is 12.8 Å². The van der Waals surface area contributed by atoms with Crippen molar-refractivity contribution >= 4 is 11.5 Å². The molecule has 0 spiro atoms. The molecule has 4 rings (SSSR count). The molecule has 4 N–H and O–H groups in total. The van der Waals surface area contributed by atoms with E-state index in [2.05, 4.69) is 38.9 Å². The number of benzene rings is 1. The van der Waals surface area contributed by atoms with Crippen molar-refractivity contribution in [2.45, 2.75) is 12.1 Å². The predicted octanol–water partition coefficient (Wildman–Crippen LogP) is 2.39. The third kappa shape index (κ3) is 2.72. The Morgan fingerprint density at radius 1 is 1.21 bits per heavy atom. The molecule has 0 saturated heterocycles. The van der Waals surface area contributed by atoms with E-state index in [0.29, 0.717) is 0 Å². The Hall–Kier alpha value is -2.86. The minimum absolute atomic E-state index is 0.0911. The number of hydrogen-bond donors (Lipinski definition) is 3. The second-order valence-electron chi connectivity index (χ2n) is 6.09. The van der Waals surface area contributed by atoms with Gasteiger partial charge in [-0.15, -0.1) is 0 Å². The molecule has 1 aliphatic heterocycles. The van der Waals surface area contributed by atoms with Crippen LogP contribution in [-0.2, 0) is 7.05 Å². The Morgan fingerprint density at radius 2 is 2.04 bits per heavy atom. The van der Waals surface area contributed by atoms with E-state index >= 15 is 0 Å². The molecule has 0 bridgehead atoms. The summed E-state index contributed by atoms with van der Waals surface area (Å²) in [5.41, 5.74) is 10.6. The summed E-state index contributed by atoms with van der Waals surface area (Å²) < 4.78 is 1.79. The number of rotatable bonds is 3. The summed E-state index contributed by atoms with van der Waals surface area (Å²) in [4.78, 5) is 4.56. The van der Waals surface area contributed by atoms with Crippen LogP contribution in [0.15, 0.2) is 55.0 Å². The molecule has 0 aliphatic carbocycles. The van der Waals surface area contributed by atoms with Gasteiger partial charge in [-0.2, -0.15) is 5.10 Å². The maximum atomic E-state index is 6.41. The van der Waals surface area contributed by atoms with Crippen LogP contribution in [0.1, 0.15) is 11.6 Å². The molecule has 1 aromatic carbocycles. The standard InChI is InChI=1S/C18H20N6/c1-24-11-14(9-22-24)13-7-15-18(21-8-13)23-16(10-20-15)17(19)12-5-3-2-4-6-12/h2-9,11,16-17,20H,10,19H2,1H3,(H,21,23)/t16-,17-/m1/s1. The van der Waals surface area contributed by atoms with E-state index in [0.717, 1.165) is 34.7 Å². The van der Waals surface area contributed by atoms with Crippen LogP contribution in [-0.4, -0.2) is 27.4 Å². The van der Waals surface area contributed by atoms with E-state index in [9.17, 15) is 0 Å². The zero-order chi connectivity index (χ0) is 16.5. The number of aromatic nitrogens is 3. The molecular weight excluding hydrogens is 300 g/mol. The first-order valence-electron chi connectivity index (χ1n) is 8.01. The second-order valence-corrected chi connectivity index (χ2v) is 6.09.